The topological polar surface area (TPSA) is 92.5 Å². The number of hydrogen-bond donors (Lipinski definition) is 2. The van der Waals surface area contributed by atoms with E-state index in [4.69, 9.17) is 0 Å². The van der Waals surface area contributed by atoms with Gasteiger partial charge in [0.2, 0.25) is 0 Å². The molecule has 18 heavy (non-hydrogen) atoms. The second kappa shape index (κ2) is 4.29. The van der Waals surface area contributed by atoms with E-state index in [-0.39, 0.29) is 5.69 Å². The molecule has 96 valence electrons. The molecule has 1 aliphatic rings. The van der Waals surface area contributed by atoms with Crippen LogP contribution >= 0.6 is 0 Å². The Hall–Kier alpha value is -2.11. The largest absolute Gasteiger partial charge is 0.480 e. The van der Waals surface area contributed by atoms with Crippen molar-refractivity contribution in [3.63, 3.8) is 0 Å². The van der Waals surface area contributed by atoms with Crippen LogP contribution in [0, 0.1) is 17.0 Å². The van der Waals surface area contributed by atoms with Gasteiger partial charge in [0.25, 0.3) is 5.69 Å². The van der Waals surface area contributed by atoms with Crippen LogP contribution in [0.15, 0.2) is 18.2 Å². The van der Waals surface area contributed by atoms with Crippen LogP contribution in [0.25, 0.3) is 0 Å². The first-order chi connectivity index (χ1) is 8.44. The number of non-ortho nitro benzene ring substituents is 1. The molecule has 0 saturated heterocycles. The third-order valence-electron chi connectivity index (χ3n) is 3.42. The van der Waals surface area contributed by atoms with E-state index < -0.39 is 16.4 Å². The Balaban J connectivity index is 2.30. The van der Waals surface area contributed by atoms with Gasteiger partial charge in [-0.3, -0.25) is 10.1 Å². The highest BCUT2D eigenvalue weighted by atomic mass is 16.6. The van der Waals surface area contributed by atoms with E-state index in [9.17, 15) is 20.0 Å². The number of hydrogen-bond acceptors (Lipinski definition) is 4. The average Bonchev–Trinajstić information content (AvgIpc) is 2.24. The Morgan fingerprint density at radius 3 is 2.61 bits per heavy atom. The van der Waals surface area contributed by atoms with E-state index >= 15 is 0 Å². The molecular weight excluding hydrogens is 236 g/mol. The summed E-state index contributed by atoms with van der Waals surface area (Å²) in [5.74, 6) is -0.903. The summed E-state index contributed by atoms with van der Waals surface area (Å²) in [5.41, 5.74) is 0.322. The molecule has 6 nitrogen and oxygen atoms in total. The van der Waals surface area contributed by atoms with Crippen molar-refractivity contribution in [2.45, 2.75) is 31.7 Å². The fourth-order valence-electron chi connectivity index (χ4n) is 2.04. The van der Waals surface area contributed by atoms with Crippen molar-refractivity contribution in [1.29, 1.82) is 0 Å². The SMILES string of the molecule is Cc1ccc([N+](=O)[O-])cc1NC1(C(=O)O)CCC1. The molecule has 0 aliphatic heterocycles. The van der Waals surface area contributed by atoms with Crippen molar-refractivity contribution >= 4 is 17.3 Å². The molecule has 1 fully saturated rings. The van der Waals surface area contributed by atoms with Gasteiger partial charge in [-0.1, -0.05) is 6.07 Å². The van der Waals surface area contributed by atoms with Gasteiger partial charge in [-0.05, 0) is 31.7 Å². The summed E-state index contributed by atoms with van der Waals surface area (Å²) in [5, 5.41) is 22.9. The number of nitrogens with zero attached hydrogens (tertiary/aromatic N) is 1. The van der Waals surface area contributed by atoms with Gasteiger partial charge in [0, 0.05) is 17.8 Å². The molecule has 2 N–H and O–H groups in total. The van der Waals surface area contributed by atoms with Crippen molar-refractivity contribution in [3.8, 4) is 0 Å². The molecule has 0 unspecified atom stereocenters. The number of nitro benzene ring substituents is 1. The molecule has 0 atom stereocenters. The molecule has 0 radical (unpaired) electrons. The predicted molar refractivity (Wildman–Crippen MR) is 65.7 cm³/mol. The molecule has 0 amide bonds. The van der Waals surface area contributed by atoms with Gasteiger partial charge in [0.1, 0.15) is 5.54 Å². The minimum Gasteiger partial charge on any atom is -0.480 e. The summed E-state index contributed by atoms with van der Waals surface area (Å²) in [6, 6.07) is 4.42. The van der Waals surface area contributed by atoms with Crippen LogP contribution in [0.1, 0.15) is 24.8 Å². The monoisotopic (exact) mass is 250 g/mol. The summed E-state index contributed by atoms with van der Waals surface area (Å²) in [4.78, 5) is 21.5. The summed E-state index contributed by atoms with van der Waals surface area (Å²) in [6.07, 6.45) is 1.95. The zero-order valence-corrected chi connectivity index (χ0v) is 9.97. The number of carbonyl (C=O) groups is 1. The van der Waals surface area contributed by atoms with Gasteiger partial charge >= 0.3 is 5.97 Å². The number of nitro groups is 1. The maximum atomic E-state index is 11.2. The van der Waals surface area contributed by atoms with Crippen molar-refractivity contribution in [2.75, 3.05) is 5.32 Å². The number of aliphatic carboxylic acids is 1. The fourth-order valence-corrected chi connectivity index (χ4v) is 2.04. The quantitative estimate of drug-likeness (QED) is 0.632. The molecule has 1 aromatic rings. The minimum absolute atomic E-state index is 0.0389. The van der Waals surface area contributed by atoms with Crippen LogP contribution < -0.4 is 5.32 Å². The lowest BCUT2D eigenvalue weighted by atomic mass is 9.76. The van der Waals surface area contributed by atoms with Crippen LogP contribution in [0.4, 0.5) is 11.4 Å². The number of benzene rings is 1. The minimum atomic E-state index is -0.958. The molecule has 0 aromatic heterocycles. The van der Waals surface area contributed by atoms with E-state index in [0.717, 1.165) is 12.0 Å². The molecule has 1 aromatic carbocycles. The van der Waals surface area contributed by atoms with E-state index in [0.29, 0.717) is 18.5 Å². The molecule has 2 rings (SSSR count). The Kier molecular flexibility index (Phi) is 2.94. The number of anilines is 1. The number of rotatable bonds is 4. The Morgan fingerprint density at radius 1 is 1.50 bits per heavy atom. The van der Waals surface area contributed by atoms with Gasteiger partial charge in [0.05, 0.1) is 4.92 Å². The Bertz CT molecular complexity index is 509. The summed E-state index contributed by atoms with van der Waals surface area (Å²) in [6.45, 7) is 1.79. The molecule has 0 heterocycles. The number of carboxylic acid groups (broad SMARTS) is 1. The lowest BCUT2D eigenvalue weighted by Crippen LogP contribution is -2.52. The van der Waals surface area contributed by atoms with Crippen LogP contribution in [-0.4, -0.2) is 21.5 Å². The Morgan fingerprint density at radius 2 is 2.17 bits per heavy atom. The summed E-state index contributed by atoms with van der Waals surface area (Å²) < 4.78 is 0. The third-order valence-corrected chi connectivity index (χ3v) is 3.42. The van der Waals surface area contributed by atoms with Crippen LogP contribution in [0.2, 0.25) is 0 Å². The van der Waals surface area contributed by atoms with Gasteiger partial charge in [-0.2, -0.15) is 0 Å². The fraction of sp³-hybridized carbons (Fsp3) is 0.417. The van der Waals surface area contributed by atoms with E-state index in [1.807, 2.05) is 0 Å². The van der Waals surface area contributed by atoms with Gasteiger partial charge in [0.15, 0.2) is 0 Å². The molecule has 6 heteroatoms. The smallest absolute Gasteiger partial charge is 0.329 e. The standard InChI is InChI=1S/C12H14N2O4/c1-8-3-4-9(14(17)18)7-10(8)13-12(11(15)16)5-2-6-12/h3-4,7,13H,2,5-6H2,1H3,(H,15,16). The van der Waals surface area contributed by atoms with Crippen molar-refractivity contribution in [3.05, 3.63) is 33.9 Å². The number of carboxylic acids is 1. The average molecular weight is 250 g/mol. The van der Waals surface area contributed by atoms with E-state index in [1.165, 1.54) is 12.1 Å². The van der Waals surface area contributed by atoms with Crippen LogP contribution in [0.3, 0.4) is 0 Å². The second-order valence-corrected chi connectivity index (χ2v) is 4.62. The van der Waals surface area contributed by atoms with Gasteiger partial charge in [-0.25, -0.2) is 4.79 Å². The third kappa shape index (κ3) is 2.01. The van der Waals surface area contributed by atoms with Crippen molar-refractivity contribution < 1.29 is 14.8 Å². The first kappa shape index (κ1) is 12.3. The van der Waals surface area contributed by atoms with E-state index in [2.05, 4.69) is 5.32 Å². The number of nitrogens with one attached hydrogen (secondary N) is 1. The normalized spacial score (nSPS) is 16.7. The van der Waals surface area contributed by atoms with Crippen molar-refractivity contribution in [1.82, 2.24) is 0 Å². The zero-order valence-electron chi connectivity index (χ0n) is 9.97. The molecule has 1 saturated carbocycles. The first-order valence-electron chi connectivity index (χ1n) is 5.71. The first-order valence-corrected chi connectivity index (χ1v) is 5.71. The maximum absolute atomic E-state index is 11.2. The van der Waals surface area contributed by atoms with Crippen LogP contribution in [0.5, 0.6) is 0 Å². The molecule has 1 aliphatic carbocycles. The second-order valence-electron chi connectivity index (χ2n) is 4.62. The molecule has 0 bridgehead atoms. The molecule has 0 spiro atoms. The highest BCUT2D eigenvalue weighted by Gasteiger charge is 2.44. The lowest BCUT2D eigenvalue weighted by Gasteiger charge is -2.39. The lowest BCUT2D eigenvalue weighted by molar-refractivity contribution is -0.384. The van der Waals surface area contributed by atoms with E-state index in [1.54, 1.807) is 13.0 Å². The van der Waals surface area contributed by atoms with Crippen LogP contribution in [-0.2, 0) is 4.79 Å². The Labute approximate surface area is 104 Å². The number of aryl methyl sites for hydroxylation is 1. The highest BCUT2D eigenvalue weighted by molar-refractivity contribution is 5.84. The van der Waals surface area contributed by atoms with Gasteiger partial charge < -0.3 is 10.4 Å². The maximum Gasteiger partial charge on any atom is 0.329 e. The summed E-state index contributed by atoms with van der Waals surface area (Å²) in [7, 11) is 0. The van der Waals surface area contributed by atoms with Gasteiger partial charge in [-0.15, -0.1) is 0 Å². The predicted octanol–water partition coefficient (Wildman–Crippen LogP) is 2.32. The highest BCUT2D eigenvalue weighted by Crippen LogP contribution is 2.37. The van der Waals surface area contributed by atoms with Crippen molar-refractivity contribution in [2.24, 2.45) is 0 Å². The molecular formula is C12H14N2O4. The summed E-state index contributed by atoms with van der Waals surface area (Å²) >= 11 is 0. The zero-order chi connectivity index (χ0) is 13.3.